The highest BCUT2D eigenvalue weighted by atomic mass is 35.5. The van der Waals surface area contributed by atoms with Crippen LogP contribution in [0.4, 0.5) is 11.9 Å². The number of benzene rings is 1. The predicted molar refractivity (Wildman–Crippen MR) is 171 cm³/mol. The van der Waals surface area contributed by atoms with Gasteiger partial charge in [-0.2, -0.15) is 19.6 Å². The van der Waals surface area contributed by atoms with E-state index in [1.807, 2.05) is 34.6 Å². The summed E-state index contributed by atoms with van der Waals surface area (Å²) in [6.45, 7) is 10.7. The van der Waals surface area contributed by atoms with Gasteiger partial charge in [0, 0.05) is 24.6 Å². The number of nitrogens with one attached hydrogen (secondary N) is 3. The van der Waals surface area contributed by atoms with Crippen molar-refractivity contribution in [2.24, 2.45) is 0 Å². The molecule has 0 aliphatic carbocycles. The van der Waals surface area contributed by atoms with Crippen molar-refractivity contribution in [3.63, 3.8) is 0 Å². The number of anilines is 2. The van der Waals surface area contributed by atoms with E-state index >= 15 is 0 Å². The fourth-order valence-electron chi connectivity index (χ4n) is 2.78. The minimum Gasteiger partial charge on any atom is -0.480 e. The summed E-state index contributed by atoms with van der Waals surface area (Å²) in [7, 11) is -4.10. The average molecular weight is 712 g/mol. The number of aliphatic carboxylic acids is 1. The minimum atomic E-state index is -4.10. The van der Waals surface area contributed by atoms with Crippen LogP contribution in [0.1, 0.15) is 40.5 Å². The maximum absolute atomic E-state index is 12.0. The van der Waals surface area contributed by atoms with Crippen molar-refractivity contribution < 1.29 is 33.4 Å². The van der Waals surface area contributed by atoms with Crippen molar-refractivity contribution >= 4 is 60.3 Å². The fourth-order valence-corrected chi connectivity index (χ4v) is 3.86. The Labute approximate surface area is 274 Å². The van der Waals surface area contributed by atoms with Crippen LogP contribution < -0.4 is 26.4 Å². The number of carbonyl (C=O) groups is 1. The molecule has 0 aliphatic rings. The summed E-state index contributed by atoms with van der Waals surface area (Å²) in [5.74, 6) is 2.16. The first kappa shape index (κ1) is 39.6. The molecule has 0 saturated heterocycles. The highest BCUT2D eigenvalue weighted by Gasteiger charge is 2.24. The molecule has 45 heavy (non-hydrogen) atoms. The molecule has 6 N–H and O–H groups in total. The Bertz CT molecular complexity index is 1540. The second kappa shape index (κ2) is 18.5. The van der Waals surface area contributed by atoms with Gasteiger partial charge in [-0.05, 0) is 31.5 Å². The van der Waals surface area contributed by atoms with Crippen LogP contribution >= 0.6 is 42.4 Å². The van der Waals surface area contributed by atoms with E-state index in [1.165, 1.54) is 12.1 Å². The molecule has 0 amide bonds. The number of nitrogens with zero attached hydrogens (tertiary/aromatic N) is 5. The normalized spacial score (nSPS) is 10.9. The Morgan fingerprint density at radius 3 is 2.11 bits per heavy atom. The third-order valence-corrected chi connectivity index (χ3v) is 6.00. The van der Waals surface area contributed by atoms with Crippen LogP contribution in [0.25, 0.3) is 5.69 Å². The Morgan fingerprint density at radius 1 is 1.09 bits per heavy atom. The number of rotatable bonds is 11. The summed E-state index contributed by atoms with van der Waals surface area (Å²) >= 11 is 17.9. The van der Waals surface area contributed by atoms with Crippen molar-refractivity contribution in [3.05, 3.63) is 43.9 Å². The van der Waals surface area contributed by atoms with Gasteiger partial charge < -0.3 is 34.7 Å². The largest absolute Gasteiger partial charge is 0.480 e. The number of hydrogen-bond donors (Lipinski definition) is 6. The number of carboxylic acids is 1. The summed E-state index contributed by atoms with van der Waals surface area (Å²) in [6.07, 6.45) is 4.56. The summed E-state index contributed by atoms with van der Waals surface area (Å²) < 4.78 is 21.6. The van der Waals surface area contributed by atoms with Crippen molar-refractivity contribution in [3.8, 4) is 23.8 Å². The molecule has 3 aromatic rings. The van der Waals surface area contributed by atoms with Crippen molar-refractivity contribution in [2.75, 3.05) is 43.2 Å². The summed E-state index contributed by atoms with van der Waals surface area (Å²) in [5.41, 5.74) is -0.103. The summed E-state index contributed by atoms with van der Waals surface area (Å²) in [6, 6.07) is 2.96. The maximum Gasteiger partial charge on any atom is 0.442 e. The summed E-state index contributed by atoms with van der Waals surface area (Å²) in [4.78, 5) is 50.0. The molecule has 16 nitrogen and oxygen atoms in total. The van der Waals surface area contributed by atoms with Crippen LogP contribution in [0.2, 0.25) is 15.3 Å². The van der Waals surface area contributed by atoms with Gasteiger partial charge in [0.2, 0.25) is 23.1 Å². The van der Waals surface area contributed by atoms with E-state index in [1.54, 1.807) is 0 Å². The van der Waals surface area contributed by atoms with E-state index in [0.717, 1.165) is 17.8 Å². The lowest BCUT2D eigenvalue weighted by Gasteiger charge is -2.11. The number of aromatic nitrogens is 5. The lowest BCUT2D eigenvalue weighted by atomic mass is 9.97. The number of terminal acetylenes is 1. The standard InChI is InChI=1S/C15H14Cl2N2O3.C7H12ClN5.C3H8NO5P/c1-5-6-21-12-8-11(9(16)7-10(12)17)19-14(20)22-13(18-19)15(2,3)4;1-3-9-6-11-5(8)12-7(13-6)10-4-2;5-3(6)1-4-2-10(7,8)9/h1,7-8H,6H2,2-4H3;3-4H2,1-2H3,(H2,9,10,11,12,13);4H,1-2H2,(H,5,6)(H2,7,8,9). The van der Waals surface area contributed by atoms with Crippen LogP contribution in [0.3, 0.4) is 0 Å². The van der Waals surface area contributed by atoms with Gasteiger partial charge in [-0.3, -0.25) is 14.7 Å². The monoisotopic (exact) mass is 710 g/mol. The van der Waals surface area contributed by atoms with Crippen LogP contribution in [-0.2, 0) is 14.8 Å². The first-order valence-electron chi connectivity index (χ1n) is 12.9. The molecule has 248 valence electrons. The Kier molecular flexibility index (Phi) is 16.3. The predicted octanol–water partition coefficient (Wildman–Crippen LogP) is 3.63. The molecule has 1 aromatic carbocycles. The highest BCUT2D eigenvalue weighted by Crippen LogP contribution is 2.33. The first-order valence-corrected chi connectivity index (χ1v) is 15.9. The molecule has 20 heteroatoms. The third-order valence-electron chi connectivity index (χ3n) is 4.60. The van der Waals surface area contributed by atoms with Gasteiger partial charge in [0.05, 0.1) is 28.6 Å². The van der Waals surface area contributed by atoms with E-state index in [2.05, 4.69) is 41.9 Å². The van der Waals surface area contributed by atoms with Gasteiger partial charge in [-0.15, -0.1) is 11.5 Å². The van der Waals surface area contributed by atoms with Gasteiger partial charge in [-0.25, -0.2) is 4.79 Å². The number of hydrogen-bond acceptors (Lipinski definition) is 12. The minimum absolute atomic E-state index is 0.0434. The molecule has 0 saturated carbocycles. The van der Waals surface area contributed by atoms with Crippen LogP contribution in [0.15, 0.2) is 21.3 Å². The molecule has 0 spiro atoms. The smallest absolute Gasteiger partial charge is 0.442 e. The molecule has 0 bridgehead atoms. The van der Waals surface area contributed by atoms with Crippen molar-refractivity contribution in [1.82, 2.24) is 30.0 Å². The zero-order valence-corrected chi connectivity index (χ0v) is 28.1. The van der Waals surface area contributed by atoms with Crippen LogP contribution in [-0.4, -0.2) is 78.1 Å². The Hall–Kier alpha value is -3.42. The zero-order chi connectivity index (χ0) is 34.4. The molecule has 0 radical (unpaired) electrons. The van der Waals surface area contributed by atoms with Gasteiger partial charge in [0.15, 0.2) is 0 Å². The zero-order valence-electron chi connectivity index (χ0n) is 25.0. The van der Waals surface area contributed by atoms with Crippen molar-refractivity contribution in [1.29, 1.82) is 0 Å². The third kappa shape index (κ3) is 14.9. The lowest BCUT2D eigenvalue weighted by Crippen LogP contribution is -2.23. The van der Waals surface area contributed by atoms with Crippen LogP contribution in [0, 0.1) is 12.3 Å². The first-order chi connectivity index (χ1) is 20.9. The molecule has 2 aromatic heterocycles. The maximum atomic E-state index is 12.0. The van der Waals surface area contributed by atoms with Crippen molar-refractivity contribution in [2.45, 2.75) is 40.0 Å². The van der Waals surface area contributed by atoms with E-state index < -0.39 is 37.6 Å². The second-order valence-corrected chi connectivity index (χ2v) is 12.3. The van der Waals surface area contributed by atoms with Crippen LogP contribution in [0.5, 0.6) is 5.75 Å². The topological polar surface area (TPSA) is 227 Å². The van der Waals surface area contributed by atoms with Gasteiger partial charge in [-0.1, -0.05) is 49.9 Å². The van der Waals surface area contributed by atoms with E-state index in [0.29, 0.717) is 29.2 Å². The molecular weight excluding hydrogens is 678 g/mol. The molecular formula is C25H34Cl3N8O8P. The number of halogens is 3. The highest BCUT2D eigenvalue weighted by molar-refractivity contribution is 7.51. The average Bonchev–Trinajstić information content (AvgIpc) is 3.30. The lowest BCUT2D eigenvalue weighted by molar-refractivity contribution is -0.135. The second-order valence-electron chi connectivity index (χ2n) is 9.52. The van der Waals surface area contributed by atoms with Gasteiger partial charge in [0.25, 0.3) is 0 Å². The molecule has 0 unspecified atom stereocenters. The molecule has 0 fully saturated rings. The van der Waals surface area contributed by atoms with E-state index in [-0.39, 0.29) is 21.9 Å². The molecule has 3 rings (SSSR count). The quantitative estimate of drug-likeness (QED) is 0.123. The van der Waals surface area contributed by atoms with E-state index in [9.17, 15) is 14.2 Å². The molecule has 0 aliphatic heterocycles. The van der Waals surface area contributed by atoms with E-state index in [4.69, 9.17) is 65.3 Å². The molecule has 0 atom stereocenters. The SMILES string of the molecule is C#CCOc1cc(-n2nc(C(C)(C)C)oc2=O)c(Cl)cc1Cl.CCNc1nc(Cl)nc(NCC)n1.O=C(O)CNCP(=O)(O)O. The fraction of sp³-hybridized carbons (Fsp3) is 0.440. The number of carboxylic acid groups (broad SMARTS) is 1. The summed E-state index contributed by atoms with van der Waals surface area (Å²) in [5, 5.41) is 20.9. The Morgan fingerprint density at radius 2 is 1.67 bits per heavy atom. The van der Waals surface area contributed by atoms with Gasteiger partial charge in [0.1, 0.15) is 12.4 Å². The number of ether oxygens (including phenoxy) is 1. The molecule has 2 heterocycles. The van der Waals surface area contributed by atoms with Gasteiger partial charge >= 0.3 is 19.3 Å². The Balaban J connectivity index is 0.000000374.